The van der Waals surface area contributed by atoms with Crippen LogP contribution in [0.1, 0.15) is 26.4 Å². The van der Waals surface area contributed by atoms with Crippen molar-refractivity contribution in [2.24, 2.45) is 0 Å². The number of carbonyl (C=O) groups is 2. The third-order valence-corrected chi connectivity index (χ3v) is 6.73. The Balaban J connectivity index is 2.03. The van der Waals surface area contributed by atoms with Crippen molar-refractivity contribution in [3.63, 3.8) is 0 Å². The number of ether oxygens (including phenoxy) is 1. The SMILES string of the molecule is COC(=O)c1ccccc1N(C)C(=O)c1ncc(Cl)cc1NS(=O)(=O)c1ccc(Cl)c(C(F)(F)F)c1. The quantitative estimate of drug-likeness (QED) is 0.411. The minimum Gasteiger partial charge on any atom is -0.465 e. The van der Waals surface area contributed by atoms with Gasteiger partial charge in [-0.25, -0.2) is 18.2 Å². The number of hydrogen-bond donors (Lipinski definition) is 1. The number of sulfonamides is 1. The monoisotopic (exact) mass is 561 g/mol. The van der Waals surface area contributed by atoms with Gasteiger partial charge in [-0.05, 0) is 36.4 Å². The van der Waals surface area contributed by atoms with Crippen LogP contribution < -0.4 is 9.62 Å². The van der Waals surface area contributed by atoms with Crippen molar-refractivity contribution in [1.82, 2.24) is 4.98 Å². The van der Waals surface area contributed by atoms with Gasteiger partial charge in [-0.3, -0.25) is 9.52 Å². The van der Waals surface area contributed by atoms with Gasteiger partial charge in [0.1, 0.15) is 0 Å². The number of nitrogens with zero attached hydrogens (tertiary/aromatic N) is 2. The molecule has 1 heterocycles. The number of rotatable bonds is 6. The molecule has 3 aromatic rings. The molecule has 8 nitrogen and oxygen atoms in total. The molecule has 0 unspecified atom stereocenters. The Morgan fingerprint density at radius 1 is 1.08 bits per heavy atom. The maximum Gasteiger partial charge on any atom is 0.417 e. The first-order valence-corrected chi connectivity index (χ1v) is 12.0. The highest BCUT2D eigenvalue weighted by Crippen LogP contribution is 2.36. The summed E-state index contributed by atoms with van der Waals surface area (Å²) >= 11 is 11.5. The number of halogens is 5. The second-order valence-corrected chi connectivity index (χ2v) is 9.69. The van der Waals surface area contributed by atoms with E-state index in [9.17, 15) is 31.2 Å². The first-order chi connectivity index (χ1) is 16.8. The minimum absolute atomic E-state index is 0.0489. The standard InChI is InChI=1S/C22H16Cl2F3N3O5S/c1-30(18-6-4-3-5-14(18)21(32)35-2)20(31)19-17(9-12(23)11-28-19)29-36(33,34)13-7-8-16(24)15(10-13)22(25,26)27/h3-11,29H,1-2H3. The van der Waals surface area contributed by atoms with E-state index in [1.54, 1.807) is 12.1 Å². The lowest BCUT2D eigenvalue weighted by Crippen LogP contribution is -2.30. The molecule has 1 aromatic heterocycles. The van der Waals surface area contributed by atoms with Gasteiger partial charge in [-0.2, -0.15) is 13.2 Å². The van der Waals surface area contributed by atoms with Crippen LogP contribution in [-0.4, -0.2) is 39.4 Å². The van der Waals surface area contributed by atoms with Crippen molar-refractivity contribution < 1.29 is 35.9 Å². The van der Waals surface area contributed by atoms with E-state index in [1.807, 2.05) is 0 Å². The third kappa shape index (κ3) is 5.72. The smallest absolute Gasteiger partial charge is 0.417 e. The highest BCUT2D eigenvalue weighted by molar-refractivity contribution is 7.92. The van der Waals surface area contributed by atoms with Crippen LogP contribution in [-0.2, 0) is 20.9 Å². The number of methoxy groups -OCH3 is 1. The van der Waals surface area contributed by atoms with Gasteiger partial charge in [0.05, 0.1) is 44.6 Å². The number of hydrogen-bond acceptors (Lipinski definition) is 6. The molecule has 3 rings (SSSR count). The number of aromatic nitrogens is 1. The lowest BCUT2D eigenvalue weighted by molar-refractivity contribution is -0.137. The molecule has 0 fully saturated rings. The molecule has 0 bridgehead atoms. The van der Waals surface area contributed by atoms with E-state index >= 15 is 0 Å². The van der Waals surface area contributed by atoms with Crippen molar-refractivity contribution in [3.8, 4) is 0 Å². The number of nitrogens with one attached hydrogen (secondary N) is 1. The summed E-state index contributed by atoms with van der Waals surface area (Å²) in [5.74, 6) is -1.58. The van der Waals surface area contributed by atoms with Gasteiger partial charge in [0.25, 0.3) is 15.9 Å². The number of anilines is 2. The molecule has 0 radical (unpaired) electrons. The van der Waals surface area contributed by atoms with Crippen LogP contribution in [0.2, 0.25) is 10.0 Å². The first-order valence-electron chi connectivity index (χ1n) is 9.76. The zero-order valence-corrected chi connectivity index (χ0v) is 20.8. The Morgan fingerprint density at radius 3 is 2.39 bits per heavy atom. The summed E-state index contributed by atoms with van der Waals surface area (Å²) in [4.78, 5) is 29.5. The summed E-state index contributed by atoms with van der Waals surface area (Å²) < 4.78 is 72.3. The van der Waals surface area contributed by atoms with E-state index in [4.69, 9.17) is 27.9 Å². The van der Waals surface area contributed by atoms with Crippen LogP contribution in [0.25, 0.3) is 0 Å². The average Bonchev–Trinajstić information content (AvgIpc) is 2.82. The lowest BCUT2D eigenvalue weighted by atomic mass is 10.1. The average molecular weight is 562 g/mol. The molecule has 0 aliphatic heterocycles. The summed E-state index contributed by atoms with van der Waals surface area (Å²) in [5, 5.41) is -0.749. The molecule has 2 aromatic carbocycles. The molecule has 0 saturated carbocycles. The minimum atomic E-state index is -4.91. The van der Waals surface area contributed by atoms with E-state index < -0.39 is 54.9 Å². The number of alkyl halides is 3. The molecule has 190 valence electrons. The van der Waals surface area contributed by atoms with Gasteiger partial charge in [0, 0.05) is 13.2 Å². The van der Waals surface area contributed by atoms with E-state index in [-0.39, 0.29) is 16.3 Å². The number of amides is 1. The van der Waals surface area contributed by atoms with Gasteiger partial charge in [0.15, 0.2) is 5.69 Å². The van der Waals surface area contributed by atoms with Crippen LogP contribution in [0.5, 0.6) is 0 Å². The van der Waals surface area contributed by atoms with Crippen LogP contribution in [0.3, 0.4) is 0 Å². The predicted octanol–water partition coefficient (Wildman–Crippen LogP) is 5.27. The largest absolute Gasteiger partial charge is 0.465 e. The fraction of sp³-hybridized carbons (Fsp3) is 0.136. The predicted molar refractivity (Wildman–Crippen MR) is 127 cm³/mol. The molecular weight excluding hydrogens is 546 g/mol. The third-order valence-electron chi connectivity index (χ3n) is 4.83. The number of esters is 1. The van der Waals surface area contributed by atoms with Crippen molar-refractivity contribution >= 4 is 56.5 Å². The molecule has 0 aliphatic carbocycles. The van der Waals surface area contributed by atoms with Gasteiger partial charge in [0.2, 0.25) is 0 Å². The van der Waals surface area contributed by atoms with E-state index in [1.165, 1.54) is 19.2 Å². The fourth-order valence-electron chi connectivity index (χ4n) is 3.10. The fourth-order valence-corrected chi connectivity index (χ4v) is 4.56. The van der Waals surface area contributed by atoms with E-state index in [0.29, 0.717) is 6.07 Å². The van der Waals surface area contributed by atoms with Crippen LogP contribution in [0.15, 0.2) is 59.6 Å². The highest BCUT2D eigenvalue weighted by atomic mass is 35.5. The molecule has 0 saturated heterocycles. The molecule has 1 N–H and O–H groups in total. The lowest BCUT2D eigenvalue weighted by Gasteiger charge is -2.21. The van der Waals surface area contributed by atoms with Crippen molar-refractivity contribution in [2.45, 2.75) is 11.1 Å². The normalized spacial score (nSPS) is 11.6. The van der Waals surface area contributed by atoms with Crippen LogP contribution >= 0.6 is 23.2 Å². The van der Waals surface area contributed by atoms with Crippen LogP contribution in [0.4, 0.5) is 24.5 Å². The maximum absolute atomic E-state index is 13.3. The summed E-state index contributed by atoms with van der Waals surface area (Å²) in [6.07, 6.45) is -3.83. The Morgan fingerprint density at radius 2 is 1.75 bits per heavy atom. The van der Waals surface area contributed by atoms with E-state index in [0.717, 1.165) is 36.4 Å². The zero-order valence-electron chi connectivity index (χ0n) is 18.4. The number of para-hydroxylation sites is 1. The van der Waals surface area contributed by atoms with Crippen molar-refractivity contribution in [2.75, 3.05) is 23.8 Å². The number of benzene rings is 2. The Kier molecular flexibility index (Phi) is 7.82. The second-order valence-electron chi connectivity index (χ2n) is 7.17. The van der Waals surface area contributed by atoms with Gasteiger partial charge in [-0.1, -0.05) is 35.3 Å². The van der Waals surface area contributed by atoms with Crippen molar-refractivity contribution in [1.29, 1.82) is 0 Å². The number of carbonyl (C=O) groups excluding carboxylic acids is 2. The van der Waals surface area contributed by atoms with Crippen molar-refractivity contribution in [3.05, 3.63) is 81.6 Å². The summed E-state index contributed by atoms with van der Waals surface area (Å²) in [6, 6.07) is 9.08. The second kappa shape index (κ2) is 10.3. The topological polar surface area (TPSA) is 106 Å². The Labute approximate surface area is 213 Å². The molecule has 1 amide bonds. The summed E-state index contributed by atoms with van der Waals surface area (Å²) in [6.45, 7) is 0. The zero-order chi connectivity index (χ0) is 26.8. The first kappa shape index (κ1) is 27.2. The van der Waals surface area contributed by atoms with E-state index in [2.05, 4.69) is 9.71 Å². The summed E-state index contributed by atoms with van der Waals surface area (Å²) in [7, 11) is -2.18. The Bertz CT molecular complexity index is 1450. The molecule has 36 heavy (non-hydrogen) atoms. The number of pyridine rings is 1. The maximum atomic E-state index is 13.3. The molecule has 0 spiro atoms. The van der Waals surface area contributed by atoms with Gasteiger partial charge >= 0.3 is 12.1 Å². The Hall–Kier alpha value is -3.35. The molecule has 14 heteroatoms. The van der Waals surface area contributed by atoms with Crippen LogP contribution in [0, 0.1) is 0 Å². The van der Waals surface area contributed by atoms with Gasteiger partial charge in [-0.15, -0.1) is 0 Å². The molecule has 0 atom stereocenters. The summed E-state index contributed by atoms with van der Waals surface area (Å²) in [5.41, 5.74) is -2.01. The molecular formula is C22H16Cl2F3N3O5S. The highest BCUT2D eigenvalue weighted by Gasteiger charge is 2.35. The molecule has 0 aliphatic rings. The van der Waals surface area contributed by atoms with Gasteiger partial charge < -0.3 is 9.64 Å².